The van der Waals surface area contributed by atoms with Gasteiger partial charge in [-0.2, -0.15) is 0 Å². The molecule has 2 rings (SSSR count). The molecule has 2 saturated carbocycles. The molecule has 1 N–H and O–H groups in total. The molecule has 2 heteroatoms. The third kappa shape index (κ3) is 2.71. The number of carbonyl (C=O) groups is 1. The molecule has 0 aromatic heterocycles. The maximum atomic E-state index is 11.3. The fraction of sp³-hybridized carbons (Fsp3) is 0.909. The summed E-state index contributed by atoms with van der Waals surface area (Å²) >= 11 is 0. The van der Waals surface area contributed by atoms with Gasteiger partial charge in [-0.1, -0.05) is 25.7 Å². The molecule has 0 spiro atoms. The Morgan fingerprint density at radius 2 is 1.85 bits per heavy atom. The van der Waals surface area contributed by atoms with Crippen LogP contribution in [0.5, 0.6) is 0 Å². The Labute approximate surface area is 80.1 Å². The molecule has 0 unspecified atom stereocenters. The lowest BCUT2D eigenvalue weighted by Crippen LogP contribution is -2.26. The highest BCUT2D eigenvalue weighted by Crippen LogP contribution is 2.29. The van der Waals surface area contributed by atoms with Crippen molar-refractivity contribution in [3.05, 3.63) is 0 Å². The van der Waals surface area contributed by atoms with E-state index in [0.29, 0.717) is 11.8 Å². The lowest BCUT2D eigenvalue weighted by atomic mass is 10.0. The zero-order chi connectivity index (χ0) is 9.10. The van der Waals surface area contributed by atoms with Crippen LogP contribution in [0.2, 0.25) is 0 Å². The average molecular weight is 181 g/mol. The van der Waals surface area contributed by atoms with E-state index in [0.717, 1.165) is 25.3 Å². The Morgan fingerprint density at radius 3 is 2.46 bits per heavy atom. The molecule has 0 radical (unpaired) electrons. The van der Waals surface area contributed by atoms with Gasteiger partial charge in [-0.3, -0.25) is 4.79 Å². The van der Waals surface area contributed by atoms with Gasteiger partial charge in [-0.05, 0) is 25.2 Å². The van der Waals surface area contributed by atoms with Gasteiger partial charge >= 0.3 is 0 Å². The average Bonchev–Trinajstić information content (AvgIpc) is 2.86. The van der Waals surface area contributed by atoms with Crippen molar-refractivity contribution < 1.29 is 4.79 Å². The summed E-state index contributed by atoms with van der Waals surface area (Å²) in [7, 11) is 0. The zero-order valence-electron chi connectivity index (χ0n) is 8.22. The molecule has 0 aromatic rings. The fourth-order valence-corrected chi connectivity index (χ4v) is 2.19. The van der Waals surface area contributed by atoms with Gasteiger partial charge in [0.05, 0.1) is 0 Å². The van der Waals surface area contributed by atoms with Gasteiger partial charge in [0.25, 0.3) is 0 Å². The first-order chi connectivity index (χ1) is 6.36. The largest absolute Gasteiger partial charge is 0.356 e. The first-order valence-electron chi connectivity index (χ1n) is 5.64. The van der Waals surface area contributed by atoms with Crippen LogP contribution in [0.25, 0.3) is 0 Å². The minimum Gasteiger partial charge on any atom is -0.356 e. The smallest absolute Gasteiger partial charge is 0.223 e. The Hall–Kier alpha value is -0.530. The predicted octanol–water partition coefficient (Wildman–Crippen LogP) is 2.09. The summed E-state index contributed by atoms with van der Waals surface area (Å²) in [5, 5.41) is 3.03. The molecule has 2 nitrogen and oxygen atoms in total. The van der Waals surface area contributed by atoms with Crippen molar-refractivity contribution in [1.82, 2.24) is 5.32 Å². The van der Waals surface area contributed by atoms with E-state index in [1.54, 1.807) is 0 Å². The first kappa shape index (κ1) is 9.04. The van der Waals surface area contributed by atoms with Crippen LogP contribution in [0.15, 0.2) is 0 Å². The van der Waals surface area contributed by atoms with Crippen LogP contribution < -0.4 is 5.32 Å². The highest BCUT2D eigenvalue weighted by molar-refractivity contribution is 5.80. The van der Waals surface area contributed by atoms with Crippen LogP contribution in [-0.2, 0) is 4.79 Å². The number of hydrogen-bond donors (Lipinski definition) is 1. The maximum Gasteiger partial charge on any atom is 0.223 e. The summed E-state index contributed by atoms with van der Waals surface area (Å²) in [4.78, 5) is 11.3. The van der Waals surface area contributed by atoms with E-state index in [4.69, 9.17) is 0 Å². The Morgan fingerprint density at radius 1 is 1.15 bits per heavy atom. The number of hydrogen-bond acceptors (Lipinski definition) is 1. The van der Waals surface area contributed by atoms with Crippen LogP contribution in [0.3, 0.4) is 0 Å². The van der Waals surface area contributed by atoms with Gasteiger partial charge in [0.15, 0.2) is 0 Å². The molecular formula is C11H19NO. The van der Waals surface area contributed by atoms with E-state index in [-0.39, 0.29) is 0 Å². The summed E-state index contributed by atoms with van der Waals surface area (Å²) < 4.78 is 0. The zero-order valence-corrected chi connectivity index (χ0v) is 8.22. The van der Waals surface area contributed by atoms with Crippen LogP contribution in [0.4, 0.5) is 0 Å². The van der Waals surface area contributed by atoms with Crippen molar-refractivity contribution in [2.24, 2.45) is 11.8 Å². The highest BCUT2D eigenvalue weighted by Gasteiger charge is 2.29. The van der Waals surface area contributed by atoms with E-state index >= 15 is 0 Å². The van der Waals surface area contributed by atoms with Crippen LogP contribution in [-0.4, -0.2) is 12.5 Å². The van der Waals surface area contributed by atoms with Gasteiger partial charge in [-0.15, -0.1) is 0 Å². The standard InChI is InChI=1S/C11H19NO/c13-11(10-5-6-10)12-8-7-9-3-1-2-4-9/h9-10H,1-8H2,(H,12,13). The normalized spacial score (nSPS) is 23.4. The second-order valence-electron chi connectivity index (χ2n) is 4.50. The van der Waals surface area contributed by atoms with Crippen molar-refractivity contribution >= 4 is 5.91 Å². The van der Waals surface area contributed by atoms with Crippen LogP contribution >= 0.6 is 0 Å². The molecule has 1 amide bonds. The van der Waals surface area contributed by atoms with Gasteiger partial charge in [0.1, 0.15) is 0 Å². The highest BCUT2D eigenvalue weighted by atomic mass is 16.2. The molecule has 13 heavy (non-hydrogen) atoms. The molecule has 74 valence electrons. The molecular weight excluding hydrogens is 162 g/mol. The SMILES string of the molecule is O=C(NCCC1CCCC1)C1CC1. The second-order valence-corrected chi connectivity index (χ2v) is 4.50. The Kier molecular flexibility index (Phi) is 2.87. The number of amides is 1. The van der Waals surface area contributed by atoms with Crippen LogP contribution in [0.1, 0.15) is 44.9 Å². The van der Waals surface area contributed by atoms with Gasteiger partial charge in [0, 0.05) is 12.5 Å². The summed E-state index contributed by atoms with van der Waals surface area (Å²) in [5.41, 5.74) is 0. The number of carbonyl (C=O) groups excluding carboxylic acids is 1. The molecule has 2 aliphatic carbocycles. The van der Waals surface area contributed by atoms with Crippen molar-refractivity contribution in [3.63, 3.8) is 0 Å². The maximum absolute atomic E-state index is 11.3. The fourth-order valence-electron chi connectivity index (χ4n) is 2.19. The monoisotopic (exact) mass is 181 g/mol. The molecule has 0 saturated heterocycles. The first-order valence-corrected chi connectivity index (χ1v) is 5.64. The van der Waals surface area contributed by atoms with E-state index in [2.05, 4.69) is 5.32 Å². The summed E-state index contributed by atoms with van der Waals surface area (Å²) in [6.07, 6.45) is 9.03. The third-order valence-corrected chi connectivity index (χ3v) is 3.27. The lowest BCUT2D eigenvalue weighted by Gasteiger charge is -2.09. The second kappa shape index (κ2) is 4.12. The number of nitrogens with one attached hydrogen (secondary N) is 1. The van der Waals surface area contributed by atoms with Crippen molar-refractivity contribution in [1.29, 1.82) is 0 Å². The molecule has 0 atom stereocenters. The van der Waals surface area contributed by atoms with E-state index in [1.807, 2.05) is 0 Å². The lowest BCUT2D eigenvalue weighted by molar-refractivity contribution is -0.122. The van der Waals surface area contributed by atoms with Gasteiger partial charge in [0.2, 0.25) is 5.91 Å². The molecule has 2 aliphatic rings. The van der Waals surface area contributed by atoms with E-state index < -0.39 is 0 Å². The third-order valence-electron chi connectivity index (χ3n) is 3.27. The van der Waals surface area contributed by atoms with Crippen molar-refractivity contribution in [3.8, 4) is 0 Å². The minimum absolute atomic E-state index is 0.304. The predicted molar refractivity (Wildman–Crippen MR) is 52.3 cm³/mol. The molecule has 0 heterocycles. The van der Waals surface area contributed by atoms with Crippen LogP contribution in [0, 0.1) is 11.8 Å². The molecule has 0 aromatic carbocycles. The summed E-state index contributed by atoms with van der Waals surface area (Å²) in [6.45, 7) is 0.917. The summed E-state index contributed by atoms with van der Waals surface area (Å²) in [5.74, 6) is 1.58. The topological polar surface area (TPSA) is 29.1 Å². The van der Waals surface area contributed by atoms with Gasteiger partial charge in [-0.25, -0.2) is 0 Å². The van der Waals surface area contributed by atoms with Gasteiger partial charge < -0.3 is 5.32 Å². The Bertz CT molecular complexity index is 181. The molecule has 0 aliphatic heterocycles. The van der Waals surface area contributed by atoms with Crippen molar-refractivity contribution in [2.75, 3.05) is 6.54 Å². The number of rotatable bonds is 4. The minimum atomic E-state index is 0.304. The molecule has 0 bridgehead atoms. The summed E-state index contributed by atoms with van der Waals surface area (Å²) in [6, 6.07) is 0. The Balaban J connectivity index is 1.54. The quantitative estimate of drug-likeness (QED) is 0.707. The van der Waals surface area contributed by atoms with Crippen molar-refractivity contribution in [2.45, 2.75) is 44.9 Å². The molecule has 2 fully saturated rings. The van der Waals surface area contributed by atoms with E-state index in [9.17, 15) is 4.79 Å². The van der Waals surface area contributed by atoms with E-state index in [1.165, 1.54) is 32.1 Å².